The smallest absolute Gasteiger partial charge is 0.497 e. The first-order valence-electron chi connectivity index (χ1n) is 12.2. The lowest BCUT2D eigenvalue weighted by Gasteiger charge is -2.10. The molecule has 0 fully saturated rings. The molecule has 10 nitrogen and oxygen atoms in total. The Morgan fingerprint density at radius 1 is 0.700 bits per heavy atom. The fraction of sp³-hybridized carbons (Fsp3) is 0.200. The van der Waals surface area contributed by atoms with Crippen LogP contribution in [0.25, 0.3) is 0 Å². The van der Waals surface area contributed by atoms with E-state index in [4.69, 9.17) is 28.4 Å². The van der Waals surface area contributed by atoms with Gasteiger partial charge in [0, 0.05) is 6.08 Å². The van der Waals surface area contributed by atoms with Crippen molar-refractivity contribution < 1.29 is 47.6 Å². The van der Waals surface area contributed by atoms with Crippen LogP contribution in [-0.4, -0.2) is 44.4 Å². The van der Waals surface area contributed by atoms with E-state index in [9.17, 15) is 19.2 Å². The molecular weight excluding hydrogens is 520 g/mol. The van der Waals surface area contributed by atoms with Crippen LogP contribution in [0.15, 0.2) is 79.4 Å². The lowest BCUT2D eigenvalue weighted by Crippen LogP contribution is -2.13. The fourth-order valence-electron chi connectivity index (χ4n) is 3.23. The van der Waals surface area contributed by atoms with E-state index >= 15 is 0 Å². The van der Waals surface area contributed by atoms with Crippen LogP contribution in [0.1, 0.15) is 39.1 Å². The van der Waals surface area contributed by atoms with Crippen LogP contribution in [-0.2, 0) is 14.3 Å². The van der Waals surface area contributed by atoms with Gasteiger partial charge in [0.1, 0.15) is 23.0 Å². The van der Waals surface area contributed by atoms with Gasteiger partial charge in [-0.2, -0.15) is 0 Å². The third-order valence-corrected chi connectivity index (χ3v) is 5.35. The maximum absolute atomic E-state index is 12.6. The van der Waals surface area contributed by atoms with Gasteiger partial charge in [0.2, 0.25) is 0 Å². The summed E-state index contributed by atoms with van der Waals surface area (Å²) in [6.45, 7) is 5.30. The molecular formula is C30H28O10. The highest BCUT2D eigenvalue weighted by molar-refractivity contribution is 5.92. The Hall–Kier alpha value is -5.12. The summed E-state index contributed by atoms with van der Waals surface area (Å²) < 4.78 is 30.8. The number of carbonyl (C=O) groups is 4. The zero-order valence-electron chi connectivity index (χ0n) is 22.0. The van der Waals surface area contributed by atoms with Gasteiger partial charge in [-0.15, -0.1) is 0 Å². The van der Waals surface area contributed by atoms with E-state index in [1.54, 1.807) is 37.3 Å². The number of rotatable bonds is 12. The number of aryl methyl sites for hydroxylation is 1. The van der Waals surface area contributed by atoms with E-state index in [2.05, 4.69) is 6.58 Å². The number of esters is 3. The summed E-state index contributed by atoms with van der Waals surface area (Å²) in [6, 6.07) is 16.9. The Bertz CT molecular complexity index is 1340. The number of unbranched alkanes of at least 4 members (excludes halogenated alkanes) is 1. The minimum atomic E-state index is -0.901. The molecule has 0 aliphatic rings. The minimum Gasteiger partial charge on any atom is -0.497 e. The molecule has 0 aromatic heterocycles. The SMILES string of the molecule is C=CC(=O)OCCCCOC(=O)Oc1ccc(C(=O)Oc2ccc(OC(=O)c3ccc(OC)cc3)c(C)c2)cc1. The predicted octanol–water partition coefficient (Wildman–Crippen LogP) is 5.47. The summed E-state index contributed by atoms with van der Waals surface area (Å²) in [7, 11) is 1.54. The van der Waals surface area contributed by atoms with E-state index in [1.807, 2.05) is 0 Å². The second kappa shape index (κ2) is 14.7. The Kier molecular flexibility index (Phi) is 10.8. The third kappa shape index (κ3) is 9.02. The van der Waals surface area contributed by atoms with E-state index in [0.717, 1.165) is 6.08 Å². The van der Waals surface area contributed by atoms with Crippen molar-refractivity contribution in [1.82, 2.24) is 0 Å². The van der Waals surface area contributed by atoms with Gasteiger partial charge in [-0.05, 0) is 92.1 Å². The summed E-state index contributed by atoms with van der Waals surface area (Å²) in [5.74, 6) is -0.288. The van der Waals surface area contributed by atoms with Crippen LogP contribution in [0.4, 0.5) is 4.79 Å². The minimum absolute atomic E-state index is 0.0910. The van der Waals surface area contributed by atoms with Gasteiger partial charge < -0.3 is 28.4 Å². The number of methoxy groups -OCH3 is 1. The third-order valence-electron chi connectivity index (χ3n) is 5.35. The number of hydrogen-bond donors (Lipinski definition) is 0. The molecule has 3 aromatic rings. The molecule has 208 valence electrons. The van der Waals surface area contributed by atoms with Gasteiger partial charge in [-0.3, -0.25) is 0 Å². The van der Waals surface area contributed by atoms with Crippen molar-refractivity contribution in [1.29, 1.82) is 0 Å². The van der Waals surface area contributed by atoms with Gasteiger partial charge in [-0.1, -0.05) is 6.58 Å². The molecule has 0 amide bonds. The normalized spacial score (nSPS) is 10.2. The molecule has 10 heteroatoms. The molecule has 0 bridgehead atoms. The van der Waals surface area contributed by atoms with E-state index < -0.39 is 24.1 Å². The van der Waals surface area contributed by atoms with Crippen molar-refractivity contribution in [2.75, 3.05) is 20.3 Å². The van der Waals surface area contributed by atoms with E-state index in [0.29, 0.717) is 35.5 Å². The highest BCUT2D eigenvalue weighted by atomic mass is 16.7. The van der Waals surface area contributed by atoms with Crippen LogP contribution < -0.4 is 18.9 Å². The molecule has 0 saturated carbocycles. The Morgan fingerprint density at radius 3 is 1.82 bits per heavy atom. The number of hydrogen-bond acceptors (Lipinski definition) is 10. The van der Waals surface area contributed by atoms with Gasteiger partial charge in [0.05, 0.1) is 31.5 Å². The Balaban J connectivity index is 1.46. The topological polar surface area (TPSA) is 124 Å². The first kappa shape index (κ1) is 29.4. The predicted molar refractivity (Wildman–Crippen MR) is 143 cm³/mol. The molecule has 0 aliphatic carbocycles. The second-order valence-electron chi connectivity index (χ2n) is 8.24. The van der Waals surface area contributed by atoms with Crippen LogP contribution in [0.5, 0.6) is 23.0 Å². The maximum atomic E-state index is 12.6. The maximum Gasteiger partial charge on any atom is 0.513 e. The van der Waals surface area contributed by atoms with Crippen LogP contribution in [0, 0.1) is 6.92 Å². The van der Waals surface area contributed by atoms with Gasteiger partial charge in [0.15, 0.2) is 0 Å². The summed E-state index contributed by atoms with van der Waals surface area (Å²) in [4.78, 5) is 47.7. The first-order chi connectivity index (χ1) is 19.3. The zero-order chi connectivity index (χ0) is 28.9. The van der Waals surface area contributed by atoms with Gasteiger partial charge in [0.25, 0.3) is 0 Å². The largest absolute Gasteiger partial charge is 0.513 e. The molecule has 0 aliphatic heterocycles. The molecule has 0 heterocycles. The molecule has 3 rings (SSSR count). The summed E-state index contributed by atoms with van der Waals surface area (Å²) >= 11 is 0. The molecule has 0 saturated heterocycles. The van der Waals surface area contributed by atoms with E-state index in [1.165, 1.54) is 43.5 Å². The van der Waals surface area contributed by atoms with Crippen molar-refractivity contribution in [3.8, 4) is 23.0 Å². The second-order valence-corrected chi connectivity index (χ2v) is 8.24. The average molecular weight is 549 g/mol. The average Bonchev–Trinajstić information content (AvgIpc) is 2.96. The van der Waals surface area contributed by atoms with E-state index in [-0.39, 0.29) is 30.3 Å². The van der Waals surface area contributed by atoms with Crippen molar-refractivity contribution >= 4 is 24.1 Å². The molecule has 0 spiro atoms. The molecule has 3 aromatic carbocycles. The number of benzene rings is 3. The number of ether oxygens (including phenoxy) is 6. The fourth-order valence-corrected chi connectivity index (χ4v) is 3.23. The summed E-state index contributed by atoms with van der Waals surface area (Å²) in [5.41, 5.74) is 1.18. The van der Waals surface area contributed by atoms with Crippen LogP contribution in [0.2, 0.25) is 0 Å². The van der Waals surface area contributed by atoms with Crippen molar-refractivity contribution in [2.45, 2.75) is 19.8 Å². The monoisotopic (exact) mass is 548 g/mol. The highest BCUT2D eigenvalue weighted by Crippen LogP contribution is 2.25. The lowest BCUT2D eigenvalue weighted by molar-refractivity contribution is -0.137. The lowest BCUT2D eigenvalue weighted by atomic mass is 10.2. The standard InChI is InChI=1S/C30H28O10/c1-4-27(31)36-17-5-6-18-37-30(34)39-24-13-9-21(10-14-24)28(32)38-25-15-16-26(20(2)19-25)40-29(33)22-7-11-23(35-3)12-8-22/h4,7-16,19H,1,5-6,17-18H2,2-3H3. The van der Waals surface area contributed by atoms with Crippen molar-refractivity contribution in [2.24, 2.45) is 0 Å². The molecule has 0 unspecified atom stereocenters. The number of carbonyl (C=O) groups excluding carboxylic acids is 4. The quantitative estimate of drug-likeness (QED) is 0.0946. The van der Waals surface area contributed by atoms with Crippen LogP contribution >= 0.6 is 0 Å². The van der Waals surface area contributed by atoms with Crippen molar-refractivity contribution in [3.05, 3.63) is 96.1 Å². The molecule has 0 atom stereocenters. The first-order valence-corrected chi connectivity index (χ1v) is 12.2. The summed E-state index contributed by atoms with van der Waals surface area (Å²) in [6.07, 6.45) is 1.17. The molecule has 0 radical (unpaired) electrons. The molecule has 0 N–H and O–H groups in total. The Labute approximate surface area is 231 Å². The summed E-state index contributed by atoms with van der Waals surface area (Å²) in [5, 5.41) is 0. The zero-order valence-corrected chi connectivity index (χ0v) is 22.0. The molecule has 40 heavy (non-hydrogen) atoms. The van der Waals surface area contributed by atoms with Gasteiger partial charge >= 0.3 is 24.1 Å². The van der Waals surface area contributed by atoms with Gasteiger partial charge in [-0.25, -0.2) is 19.2 Å². The Morgan fingerprint density at radius 2 is 1.25 bits per heavy atom. The van der Waals surface area contributed by atoms with Crippen LogP contribution in [0.3, 0.4) is 0 Å². The highest BCUT2D eigenvalue weighted by Gasteiger charge is 2.14. The van der Waals surface area contributed by atoms with Crippen molar-refractivity contribution in [3.63, 3.8) is 0 Å².